The van der Waals surface area contributed by atoms with Gasteiger partial charge in [-0.1, -0.05) is 0 Å². The Bertz CT molecular complexity index is 3160. The Morgan fingerprint density at radius 1 is 0.459 bits per heavy atom. The molecule has 0 aromatic heterocycles. The molecule has 61 heavy (non-hydrogen) atoms. The molecule has 0 unspecified atom stereocenters. The number of rotatable bonds is 3. The van der Waals surface area contributed by atoms with Gasteiger partial charge in [-0.3, -0.25) is 0 Å². The van der Waals surface area contributed by atoms with Crippen LogP contribution in [0.1, 0.15) is 33.4 Å². The third-order valence-corrected chi connectivity index (χ3v) is 33.6. The van der Waals surface area contributed by atoms with Crippen molar-refractivity contribution in [2.75, 3.05) is 4.90 Å². The van der Waals surface area contributed by atoms with Crippen LogP contribution in [0.3, 0.4) is 0 Å². The van der Waals surface area contributed by atoms with Gasteiger partial charge >= 0.3 is 377 Å². The summed E-state index contributed by atoms with van der Waals surface area (Å²) in [5, 5.41) is 0.455. The second kappa shape index (κ2) is 12.2. The molecule has 0 N–H and O–H groups in total. The van der Waals surface area contributed by atoms with Crippen LogP contribution < -0.4 is 29.8 Å². The standard InChI is InChI=1S/C45H30NO2.C6H2Cl4O2.Bi/c1-30-20-22-35-27-43(30)47-37-16-11-17-38(29-37)48-44-28-36(23-21-31(44)2)46(35)34-24-25-42-40(26-34)39-18-9-10-19-41(39)45(42,32-12-5-3-6-13-32)33-14-7-4-8-15-33;7-1-2(8)4(10)6(12)5(11)3(1)9;/h3-26H,1-2H3;11-12H;/q;;+2/p-2. The van der Waals surface area contributed by atoms with E-state index in [0.29, 0.717) is 23.0 Å². The van der Waals surface area contributed by atoms with Gasteiger partial charge in [0.05, 0.1) is 0 Å². The van der Waals surface area contributed by atoms with Crippen molar-refractivity contribution in [1.82, 2.24) is 0 Å². The summed E-state index contributed by atoms with van der Waals surface area (Å²) >= 11 is 21.6. The van der Waals surface area contributed by atoms with E-state index in [2.05, 4.69) is 132 Å². The van der Waals surface area contributed by atoms with Crippen molar-refractivity contribution < 1.29 is 15.1 Å². The summed E-state index contributed by atoms with van der Waals surface area (Å²) in [5.74, 6) is 3.03. The monoisotopic (exact) mass is 1070 g/mol. The molecule has 10 heteroatoms. The summed E-state index contributed by atoms with van der Waals surface area (Å²) in [5.41, 5.74) is 11.1. The summed E-state index contributed by atoms with van der Waals surface area (Å²) in [6, 6.07) is 51.6. The van der Waals surface area contributed by atoms with Crippen molar-refractivity contribution >= 4 is 92.9 Å². The SMILES string of the molecule is Cc1ccc2[c]3c1Oc1cccc4[c]1[Bi]31([O]c3c(Cl)c(Cl)c(Cl)c(Cl)c3[O]1)[c]1c(ccc(C)c1O4)N2c1ccc2c(c1)-c1ccccc1C2(c1ccccc1)c1ccccc1. The van der Waals surface area contributed by atoms with Gasteiger partial charge in [0, 0.05) is 0 Å². The molecule has 296 valence electrons. The van der Waals surface area contributed by atoms with E-state index in [9.17, 15) is 0 Å². The molecule has 0 bridgehead atoms. The maximum atomic E-state index is 7.74. The molecule has 8 aromatic carbocycles. The van der Waals surface area contributed by atoms with Crippen molar-refractivity contribution in [2.45, 2.75) is 19.3 Å². The van der Waals surface area contributed by atoms with Gasteiger partial charge in [-0.2, -0.15) is 0 Å². The molecule has 13 rings (SSSR count). The van der Waals surface area contributed by atoms with E-state index in [4.69, 9.17) is 61.5 Å². The number of nitrogens with zero attached hydrogens (tertiary/aromatic N) is 1. The first-order valence-corrected chi connectivity index (χ1v) is 29.5. The fourth-order valence-electron chi connectivity index (χ4n) is 10.7. The molecular weight excluding hydrogens is 1040 g/mol. The van der Waals surface area contributed by atoms with E-state index in [1.807, 2.05) is 32.0 Å². The normalized spacial score (nSPS) is 17.0. The third-order valence-electron chi connectivity index (χ3n) is 13.1. The number of benzene rings is 8. The Morgan fingerprint density at radius 2 is 0.967 bits per heavy atom. The zero-order valence-electron chi connectivity index (χ0n) is 32.4. The molecule has 0 radical (unpaired) electrons. The van der Waals surface area contributed by atoms with Crippen molar-refractivity contribution in [3.8, 4) is 45.6 Å². The van der Waals surface area contributed by atoms with E-state index in [0.717, 1.165) is 43.6 Å². The third kappa shape index (κ3) is 4.20. The average Bonchev–Trinajstić information content (AvgIpc) is 3.80. The van der Waals surface area contributed by atoms with Crippen molar-refractivity contribution in [1.29, 1.82) is 0 Å². The van der Waals surface area contributed by atoms with E-state index in [1.54, 1.807) is 0 Å². The van der Waals surface area contributed by atoms with E-state index >= 15 is 0 Å². The molecule has 0 fully saturated rings. The number of anilines is 3. The van der Waals surface area contributed by atoms with Gasteiger partial charge in [0.25, 0.3) is 0 Å². The Labute approximate surface area is 373 Å². The van der Waals surface area contributed by atoms with E-state index in [1.165, 1.54) is 27.8 Å². The van der Waals surface area contributed by atoms with Crippen molar-refractivity contribution in [2.24, 2.45) is 0 Å². The summed E-state index contributed by atoms with van der Waals surface area (Å²) in [7, 11) is 0. The van der Waals surface area contributed by atoms with Crippen molar-refractivity contribution in [3.63, 3.8) is 0 Å². The average molecular weight is 1070 g/mol. The Balaban J connectivity index is 1.14. The van der Waals surface area contributed by atoms with Gasteiger partial charge in [0.15, 0.2) is 0 Å². The van der Waals surface area contributed by atoms with Crippen LogP contribution in [0.2, 0.25) is 20.1 Å². The molecule has 5 aliphatic rings. The molecule has 1 aliphatic carbocycles. The van der Waals surface area contributed by atoms with Gasteiger partial charge in [0.1, 0.15) is 0 Å². The number of halogens is 4. The molecule has 0 atom stereocenters. The number of fused-ring (bicyclic) bond motifs is 4. The van der Waals surface area contributed by atoms with Crippen LogP contribution >= 0.6 is 46.4 Å². The van der Waals surface area contributed by atoms with Crippen LogP contribution in [0.25, 0.3) is 11.1 Å². The number of hydrogen-bond acceptors (Lipinski definition) is 5. The quantitative estimate of drug-likeness (QED) is 0.100. The van der Waals surface area contributed by atoms with E-state index in [-0.39, 0.29) is 31.6 Å². The van der Waals surface area contributed by atoms with Crippen LogP contribution in [-0.4, -0.2) is 19.7 Å². The predicted octanol–water partition coefficient (Wildman–Crippen LogP) is 13.2. The van der Waals surface area contributed by atoms with Gasteiger partial charge in [-0.25, -0.2) is 0 Å². The summed E-state index contributed by atoms with van der Waals surface area (Å²) in [6.07, 6.45) is 0. The molecule has 1 spiro atoms. The molecule has 8 aromatic rings. The van der Waals surface area contributed by atoms with Crippen LogP contribution in [0, 0.1) is 13.8 Å². The maximum absolute atomic E-state index is 7.74. The van der Waals surface area contributed by atoms with E-state index < -0.39 is 25.1 Å². The number of ether oxygens (including phenoxy) is 2. The first kappa shape index (κ1) is 36.5. The molecule has 0 saturated carbocycles. The summed E-state index contributed by atoms with van der Waals surface area (Å²) in [4.78, 5) is 2.31. The molecular formula is C51H30BiCl4NO4. The van der Waals surface area contributed by atoms with Crippen LogP contribution in [-0.2, 0) is 5.41 Å². The number of hydrogen-bond donors (Lipinski definition) is 0. The second-order valence-electron chi connectivity index (χ2n) is 16.1. The van der Waals surface area contributed by atoms with Crippen LogP contribution in [0.15, 0.2) is 146 Å². The first-order chi connectivity index (χ1) is 29.7. The summed E-state index contributed by atoms with van der Waals surface area (Å²) in [6.45, 7) is 4.10. The van der Waals surface area contributed by atoms with Gasteiger partial charge in [-0.05, 0) is 0 Å². The zero-order valence-corrected chi connectivity index (χ0v) is 38.9. The predicted molar refractivity (Wildman–Crippen MR) is 247 cm³/mol. The Hall–Kier alpha value is -5.20. The zero-order chi connectivity index (χ0) is 41.2. The fraction of sp³-hybridized carbons (Fsp3) is 0.0588. The minimum atomic E-state index is -6.23. The molecule has 0 saturated heterocycles. The molecule has 4 heterocycles. The number of aryl methyl sites for hydroxylation is 2. The van der Waals surface area contributed by atoms with Crippen LogP contribution in [0.4, 0.5) is 17.1 Å². The summed E-state index contributed by atoms with van der Waals surface area (Å²) < 4.78 is 31.9. The van der Waals surface area contributed by atoms with Gasteiger partial charge in [0.2, 0.25) is 0 Å². The molecule has 0 amide bonds. The van der Waals surface area contributed by atoms with Gasteiger partial charge < -0.3 is 0 Å². The van der Waals surface area contributed by atoms with Crippen LogP contribution in [0.5, 0.6) is 34.5 Å². The first-order valence-electron chi connectivity index (χ1n) is 19.9. The topological polar surface area (TPSA) is 40.2 Å². The van der Waals surface area contributed by atoms with Gasteiger partial charge in [-0.15, -0.1) is 0 Å². The Kier molecular flexibility index (Phi) is 7.32. The molecule has 5 nitrogen and oxygen atoms in total. The molecule has 4 aliphatic heterocycles. The Morgan fingerprint density at radius 3 is 1.52 bits per heavy atom. The fourth-order valence-corrected chi connectivity index (χ4v) is 34.2. The minimum absolute atomic E-state index is 0.0947. The second-order valence-corrected chi connectivity index (χ2v) is 31.7. The van der Waals surface area contributed by atoms with Crippen molar-refractivity contribution in [3.05, 3.63) is 199 Å².